The molecule has 1 aliphatic rings. The van der Waals surface area contributed by atoms with Gasteiger partial charge in [0.15, 0.2) is 0 Å². The molecule has 0 heterocycles. The number of benzene rings is 1. The molecule has 2 heteroatoms. The predicted molar refractivity (Wildman–Crippen MR) is 63.2 cm³/mol. The van der Waals surface area contributed by atoms with E-state index in [0.717, 1.165) is 5.92 Å². The lowest BCUT2D eigenvalue weighted by Crippen LogP contribution is -2.15. The van der Waals surface area contributed by atoms with E-state index in [1.54, 1.807) is 0 Å². The molecule has 1 saturated carbocycles. The van der Waals surface area contributed by atoms with Crippen molar-refractivity contribution in [2.75, 3.05) is 0 Å². The summed E-state index contributed by atoms with van der Waals surface area (Å²) >= 11 is 3.50. The highest BCUT2D eigenvalue weighted by molar-refractivity contribution is 9.10. The number of hydrogen-bond donors (Lipinski definition) is 1. The molecule has 1 aromatic carbocycles. The summed E-state index contributed by atoms with van der Waals surface area (Å²) in [5.41, 5.74) is 7.33. The fraction of sp³-hybridized carbons (Fsp3) is 0.500. The minimum Gasteiger partial charge on any atom is -0.328 e. The Morgan fingerprint density at radius 3 is 2.86 bits per heavy atom. The van der Waals surface area contributed by atoms with Gasteiger partial charge in [0, 0.05) is 10.5 Å². The van der Waals surface area contributed by atoms with E-state index in [2.05, 4.69) is 40.2 Å². The number of nitrogens with two attached hydrogens (primary N) is 1. The van der Waals surface area contributed by atoms with Gasteiger partial charge in [-0.1, -0.05) is 28.1 Å². The van der Waals surface area contributed by atoms with Crippen LogP contribution < -0.4 is 5.73 Å². The Morgan fingerprint density at radius 2 is 2.21 bits per heavy atom. The zero-order valence-corrected chi connectivity index (χ0v) is 9.83. The van der Waals surface area contributed by atoms with Crippen LogP contribution in [-0.4, -0.2) is 6.04 Å². The molecule has 2 unspecified atom stereocenters. The number of halogens is 1. The molecule has 1 aromatic rings. The molecule has 0 aromatic heterocycles. The smallest absolute Gasteiger partial charge is 0.0177 e. The number of hydrogen-bond acceptors (Lipinski definition) is 1. The Hall–Kier alpha value is -0.340. The maximum absolute atomic E-state index is 5.90. The second-order valence-corrected chi connectivity index (χ2v) is 5.19. The Bertz CT molecular complexity index is 311. The van der Waals surface area contributed by atoms with Gasteiger partial charge in [-0.2, -0.15) is 0 Å². The zero-order valence-electron chi connectivity index (χ0n) is 8.25. The third-order valence-corrected chi connectivity index (χ3v) is 3.49. The van der Waals surface area contributed by atoms with Gasteiger partial charge < -0.3 is 5.73 Å². The van der Waals surface area contributed by atoms with Crippen molar-refractivity contribution < 1.29 is 0 Å². The molecule has 0 aliphatic heterocycles. The third-order valence-electron chi connectivity index (χ3n) is 3.00. The van der Waals surface area contributed by atoms with Crippen molar-refractivity contribution in [1.29, 1.82) is 0 Å². The van der Waals surface area contributed by atoms with Gasteiger partial charge in [0.1, 0.15) is 0 Å². The lowest BCUT2D eigenvalue weighted by Gasteiger charge is -2.09. The molecule has 1 nitrogen and oxygen atoms in total. The molecular formula is C12H16BrN. The fourth-order valence-electron chi connectivity index (χ4n) is 2.30. The van der Waals surface area contributed by atoms with Crippen LogP contribution in [0.2, 0.25) is 0 Å². The molecule has 2 atom stereocenters. The standard InChI is InChI=1S/C12H16BrN/c13-11-3-1-2-9(7-11)6-10-4-5-12(14)8-10/h1-3,7,10,12H,4-6,8,14H2. The SMILES string of the molecule is NC1CCC(Cc2cccc(Br)c2)C1. The fourth-order valence-corrected chi connectivity index (χ4v) is 2.74. The van der Waals surface area contributed by atoms with Crippen LogP contribution >= 0.6 is 15.9 Å². The van der Waals surface area contributed by atoms with Crippen LogP contribution in [0.25, 0.3) is 0 Å². The van der Waals surface area contributed by atoms with E-state index in [-0.39, 0.29) is 0 Å². The first-order valence-electron chi connectivity index (χ1n) is 5.24. The summed E-state index contributed by atoms with van der Waals surface area (Å²) in [7, 11) is 0. The van der Waals surface area contributed by atoms with Crippen LogP contribution in [0.15, 0.2) is 28.7 Å². The molecule has 1 aliphatic carbocycles. The van der Waals surface area contributed by atoms with Crippen molar-refractivity contribution in [1.82, 2.24) is 0 Å². The van der Waals surface area contributed by atoms with Crippen LogP contribution in [-0.2, 0) is 6.42 Å². The molecule has 0 radical (unpaired) electrons. The molecule has 0 saturated heterocycles. The van der Waals surface area contributed by atoms with Crippen molar-refractivity contribution in [3.8, 4) is 0 Å². The van der Waals surface area contributed by atoms with Crippen LogP contribution in [0.4, 0.5) is 0 Å². The average molecular weight is 254 g/mol. The van der Waals surface area contributed by atoms with E-state index in [9.17, 15) is 0 Å². The summed E-state index contributed by atoms with van der Waals surface area (Å²) in [6.45, 7) is 0. The van der Waals surface area contributed by atoms with Gasteiger partial charge in [-0.15, -0.1) is 0 Å². The highest BCUT2D eigenvalue weighted by atomic mass is 79.9. The van der Waals surface area contributed by atoms with Crippen LogP contribution in [0.1, 0.15) is 24.8 Å². The minimum atomic E-state index is 0.451. The summed E-state index contributed by atoms with van der Waals surface area (Å²) in [6.07, 6.45) is 4.89. The predicted octanol–water partition coefficient (Wildman–Crippen LogP) is 3.12. The van der Waals surface area contributed by atoms with E-state index >= 15 is 0 Å². The summed E-state index contributed by atoms with van der Waals surface area (Å²) in [6, 6.07) is 9.04. The molecular weight excluding hydrogens is 238 g/mol. The van der Waals surface area contributed by atoms with Gasteiger partial charge in [0.05, 0.1) is 0 Å². The second-order valence-electron chi connectivity index (χ2n) is 4.27. The molecule has 76 valence electrons. The molecule has 2 rings (SSSR count). The van der Waals surface area contributed by atoms with Gasteiger partial charge in [-0.3, -0.25) is 0 Å². The van der Waals surface area contributed by atoms with Gasteiger partial charge in [-0.05, 0) is 49.3 Å². The quantitative estimate of drug-likeness (QED) is 0.862. The first-order chi connectivity index (χ1) is 6.74. The van der Waals surface area contributed by atoms with Crippen LogP contribution in [0.5, 0.6) is 0 Å². The largest absolute Gasteiger partial charge is 0.328 e. The van der Waals surface area contributed by atoms with Crippen LogP contribution in [0, 0.1) is 5.92 Å². The summed E-state index contributed by atoms with van der Waals surface area (Å²) < 4.78 is 1.18. The summed E-state index contributed by atoms with van der Waals surface area (Å²) in [5, 5.41) is 0. The molecule has 0 spiro atoms. The lowest BCUT2D eigenvalue weighted by atomic mass is 9.98. The van der Waals surface area contributed by atoms with E-state index in [0.29, 0.717) is 6.04 Å². The second kappa shape index (κ2) is 4.45. The number of rotatable bonds is 2. The maximum atomic E-state index is 5.90. The van der Waals surface area contributed by atoms with E-state index < -0.39 is 0 Å². The van der Waals surface area contributed by atoms with E-state index in [1.807, 2.05) is 0 Å². The van der Waals surface area contributed by atoms with Crippen molar-refractivity contribution in [3.63, 3.8) is 0 Å². The molecule has 14 heavy (non-hydrogen) atoms. The Labute approximate surface area is 93.8 Å². The van der Waals surface area contributed by atoms with Gasteiger partial charge in [-0.25, -0.2) is 0 Å². The Kier molecular flexibility index (Phi) is 3.24. The third kappa shape index (κ3) is 2.58. The van der Waals surface area contributed by atoms with Crippen molar-refractivity contribution >= 4 is 15.9 Å². The molecule has 1 fully saturated rings. The van der Waals surface area contributed by atoms with Crippen molar-refractivity contribution in [2.45, 2.75) is 31.7 Å². The highest BCUT2D eigenvalue weighted by Crippen LogP contribution is 2.28. The minimum absolute atomic E-state index is 0.451. The molecule has 0 amide bonds. The normalized spacial score (nSPS) is 26.7. The van der Waals surface area contributed by atoms with Gasteiger partial charge in [0.2, 0.25) is 0 Å². The first kappa shape index (κ1) is 10.2. The van der Waals surface area contributed by atoms with E-state index in [4.69, 9.17) is 5.73 Å². The maximum Gasteiger partial charge on any atom is 0.0177 e. The van der Waals surface area contributed by atoms with Crippen LogP contribution in [0.3, 0.4) is 0 Å². The van der Waals surface area contributed by atoms with Gasteiger partial charge in [0.25, 0.3) is 0 Å². The highest BCUT2D eigenvalue weighted by Gasteiger charge is 2.21. The first-order valence-corrected chi connectivity index (χ1v) is 6.03. The summed E-state index contributed by atoms with van der Waals surface area (Å²) in [5.74, 6) is 0.805. The Balaban J connectivity index is 1.97. The van der Waals surface area contributed by atoms with E-state index in [1.165, 1.54) is 35.7 Å². The zero-order chi connectivity index (χ0) is 9.97. The topological polar surface area (TPSA) is 26.0 Å². The van der Waals surface area contributed by atoms with Crippen molar-refractivity contribution in [3.05, 3.63) is 34.3 Å². The summed E-state index contributed by atoms with van der Waals surface area (Å²) in [4.78, 5) is 0. The van der Waals surface area contributed by atoms with Gasteiger partial charge >= 0.3 is 0 Å². The Morgan fingerprint density at radius 1 is 1.36 bits per heavy atom. The monoisotopic (exact) mass is 253 g/mol. The average Bonchev–Trinajstić information content (AvgIpc) is 2.51. The molecule has 2 N–H and O–H groups in total. The van der Waals surface area contributed by atoms with Crippen molar-refractivity contribution in [2.24, 2.45) is 11.7 Å². The lowest BCUT2D eigenvalue weighted by molar-refractivity contribution is 0.535. The molecule has 0 bridgehead atoms.